The van der Waals surface area contributed by atoms with Gasteiger partial charge in [0.25, 0.3) is 0 Å². The molecule has 1 aromatic rings. The van der Waals surface area contributed by atoms with Gasteiger partial charge in [-0.1, -0.05) is 18.2 Å². The van der Waals surface area contributed by atoms with Crippen LogP contribution < -0.4 is 11.1 Å². The van der Waals surface area contributed by atoms with Crippen molar-refractivity contribution in [3.8, 4) is 0 Å². The van der Waals surface area contributed by atoms with Crippen LogP contribution in [-0.4, -0.2) is 36.3 Å². The van der Waals surface area contributed by atoms with Crippen molar-refractivity contribution in [1.82, 2.24) is 5.32 Å². The Balaban J connectivity index is 2.05. The zero-order valence-electron chi connectivity index (χ0n) is 11.1. The van der Waals surface area contributed by atoms with E-state index < -0.39 is 11.8 Å². The topological polar surface area (TPSA) is 81.4 Å². The van der Waals surface area contributed by atoms with Gasteiger partial charge in [0.1, 0.15) is 0 Å². The summed E-state index contributed by atoms with van der Waals surface area (Å²) in [5.74, 6) is -1.68. The highest BCUT2D eigenvalue weighted by Crippen LogP contribution is 2.39. The third-order valence-corrected chi connectivity index (χ3v) is 4.77. The fourth-order valence-electron chi connectivity index (χ4n) is 2.13. The third kappa shape index (κ3) is 3.98. The van der Waals surface area contributed by atoms with E-state index in [9.17, 15) is 9.59 Å². The molecule has 0 aromatic heterocycles. The molecule has 0 unspecified atom stereocenters. The van der Waals surface area contributed by atoms with E-state index in [-0.39, 0.29) is 4.75 Å². The number of nitrogens with one attached hydrogen (secondary N) is 1. The summed E-state index contributed by atoms with van der Waals surface area (Å²) in [5.41, 5.74) is 4.96. The normalized spacial score (nSPS) is 17.4. The number of nitrogens with two attached hydrogens (primary N) is 1. The fourth-order valence-corrected chi connectivity index (χ4v) is 3.43. The Morgan fingerprint density at radius 2 is 1.90 bits per heavy atom. The number of carbonyl (C=O) groups excluding carboxylic acids is 2. The zero-order chi connectivity index (χ0) is 14.4. The first-order valence-electron chi connectivity index (χ1n) is 6.51. The molecule has 5 nitrogen and oxygen atoms in total. The summed E-state index contributed by atoms with van der Waals surface area (Å²) < 4.78 is 5.25. The van der Waals surface area contributed by atoms with Crippen LogP contribution in [0.5, 0.6) is 0 Å². The average molecular weight is 294 g/mol. The molecule has 1 aromatic carbocycles. The van der Waals surface area contributed by atoms with Gasteiger partial charge in [0.2, 0.25) is 0 Å². The summed E-state index contributed by atoms with van der Waals surface area (Å²) in [4.78, 5) is 23.3. The Hall–Kier alpha value is -1.53. The molecule has 2 rings (SSSR count). The van der Waals surface area contributed by atoms with E-state index in [0.29, 0.717) is 19.8 Å². The van der Waals surface area contributed by atoms with Crippen LogP contribution in [0.15, 0.2) is 35.2 Å². The lowest BCUT2D eigenvalue weighted by Crippen LogP contribution is -2.47. The summed E-state index contributed by atoms with van der Waals surface area (Å²) in [6.07, 6.45) is 1.65. The van der Waals surface area contributed by atoms with Gasteiger partial charge in [0.05, 0.1) is 0 Å². The minimum Gasteiger partial charge on any atom is -0.381 e. The first-order valence-corrected chi connectivity index (χ1v) is 7.32. The second kappa shape index (κ2) is 6.76. The Bertz CT molecular complexity index is 473. The predicted octanol–water partition coefficient (Wildman–Crippen LogP) is 0.929. The number of primary amides is 1. The first kappa shape index (κ1) is 14.9. The van der Waals surface area contributed by atoms with Gasteiger partial charge < -0.3 is 15.8 Å². The number of hydrogen-bond acceptors (Lipinski definition) is 4. The van der Waals surface area contributed by atoms with Gasteiger partial charge in [-0.3, -0.25) is 9.59 Å². The number of amides is 2. The molecule has 0 radical (unpaired) electrons. The van der Waals surface area contributed by atoms with Crippen LogP contribution in [0, 0.1) is 0 Å². The lowest BCUT2D eigenvalue weighted by atomic mass is 9.99. The quantitative estimate of drug-likeness (QED) is 0.809. The average Bonchev–Trinajstić information content (AvgIpc) is 2.47. The van der Waals surface area contributed by atoms with Gasteiger partial charge in [0, 0.05) is 29.4 Å². The van der Waals surface area contributed by atoms with Crippen LogP contribution in [0.25, 0.3) is 0 Å². The molecule has 0 atom stereocenters. The molecule has 20 heavy (non-hydrogen) atoms. The van der Waals surface area contributed by atoms with Crippen LogP contribution in [-0.2, 0) is 14.3 Å². The fraction of sp³-hybridized carbons (Fsp3) is 0.429. The van der Waals surface area contributed by atoms with Gasteiger partial charge in [-0.25, -0.2) is 0 Å². The first-order chi connectivity index (χ1) is 9.61. The summed E-state index contributed by atoms with van der Waals surface area (Å²) in [7, 11) is 0. The molecule has 1 saturated heterocycles. The van der Waals surface area contributed by atoms with Crippen LogP contribution >= 0.6 is 11.8 Å². The van der Waals surface area contributed by atoms with Crippen LogP contribution in [0.4, 0.5) is 0 Å². The Labute approximate surface area is 122 Å². The minimum absolute atomic E-state index is 0.148. The molecule has 108 valence electrons. The molecule has 1 aliphatic heterocycles. The van der Waals surface area contributed by atoms with Gasteiger partial charge >= 0.3 is 11.8 Å². The Morgan fingerprint density at radius 3 is 2.50 bits per heavy atom. The van der Waals surface area contributed by atoms with Crippen LogP contribution in [0.2, 0.25) is 0 Å². The second-order valence-corrected chi connectivity index (χ2v) is 6.30. The SMILES string of the molecule is NC(=O)C(=O)NCC1(Sc2ccccc2)CCOCC1. The molecule has 0 aliphatic carbocycles. The Kier molecular flexibility index (Phi) is 5.03. The van der Waals surface area contributed by atoms with Crippen molar-refractivity contribution < 1.29 is 14.3 Å². The van der Waals surface area contributed by atoms with Gasteiger partial charge in [-0.2, -0.15) is 0 Å². The molecule has 1 fully saturated rings. The lowest BCUT2D eigenvalue weighted by molar-refractivity contribution is -0.137. The molecule has 1 aliphatic rings. The number of benzene rings is 1. The number of carbonyl (C=O) groups is 2. The van der Waals surface area contributed by atoms with Gasteiger partial charge in [-0.05, 0) is 25.0 Å². The number of rotatable bonds is 4. The van der Waals surface area contributed by atoms with E-state index in [1.807, 2.05) is 30.3 Å². The van der Waals surface area contributed by atoms with E-state index >= 15 is 0 Å². The summed E-state index contributed by atoms with van der Waals surface area (Å²) >= 11 is 1.72. The summed E-state index contributed by atoms with van der Waals surface area (Å²) in [6.45, 7) is 1.73. The maximum atomic E-state index is 11.4. The zero-order valence-corrected chi connectivity index (χ0v) is 11.9. The van der Waals surface area contributed by atoms with Crippen molar-refractivity contribution >= 4 is 23.6 Å². The molecular formula is C14H18N2O3S. The van der Waals surface area contributed by atoms with Gasteiger partial charge in [0.15, 0.2) is 0 Å². The summed E-state index contributed by atoms with van der Waals surface area (Å²) in [6, 6.07) is 10.0. The predicted molar refractivity (Wildman–Crippen MR) is 77.3 cm³/mol. The van der Waals surface area contributed by atoms with E-state index in [4.69, 9.17) is 10.5 Å². The number of ether oxygens (including phenoxy) is 1. The molecular weight excluding hydrogens is 276 g/mol. The van der Waals surface area contributed by atoms with E-state index in [0.717, 1.165) is 17.7 Å². The third-order valence-electron chi connectivity index (χ3n) is 3.28. The lowest BCUT2D eigenvalue weighted by Gasteiger charge is -2.36. The molecule has 0 spiro atoms. The molecule has 2 amide bonds. The smallest absolute Gasteiger partial charge is 0.309 e. The highest BCUT2D eigenvalue weighted by molar-refractivity contribution is 8.00. The molecule has 0 saturated carbocycles. The minimum atomic E-state index is -0.947. The second-order valence-electron chi connectivity index (χ2n) is 4.76. The number of hydrogen-bond donors (Lipinski definition) is 2. The van der Waals surface area contributed by atoms with Crippen molar-refractivity contribution in [3.63, 3.8) is 0 Å². The van der Waals surface area contributed by atoms with Crippen molar-refractivity contribution in [1.29, 1.82) is 0 Å². The number of thioether (sulfide) groups is 1. The van der Waals surface area contributed by atoms with Crippen LogP contribution in [0.1, 0.15) is 12.8 Å². The van der Waals surface area contributed by atoms with Crippen LogP contribution in [0.3, 0.4) is 0 Å². The maximum Gasteiger partial charge on any atom is 0.309 e. The van der Waals surface area contributed by atoms with Crippen molar-refractivity contribution in [2.24, 2.45) is 5.73 Å². The van der Waals surface area contributed by atoms with Crippen molar-refractivity contribution in [2.45, 2.75) is 22.5 Å². The van der Waals surface area contributed by atoms with Crippen molar-refractivity contribution in [3.05, 3.63) is 30.3 Å². The molecule has 1 heterocycles. The highest BCUT2D eigenvalue weighted by Gasteiger charge is 2.34. The van der Waals surface area contributed by atoms with Gasteiger partial charge in [-0.15, -0.1) is 11.8 Å². The molecule has 0 bridgehead atoms. The Morgan fingerprint density at radius 1 is 1.25 bits per heavy atom. The standard InChI is InChI=1S/C14H18N2O3S/c15-12(17)13(18)16-10-14(6-8-19-9-7-14)20-11-4-2-1-3-5-11/h1-5H,6-10H2,(H2,15,17)(H,16,18). The largest absolute Gasteiger partial charge is 0.381 e. The highest BCUT2D eigenvalue weighted by atomic mass is 32.2. The van der Waals surface area contributed by atoms with E-state index in [2.05, 4.69) is 5.32 Å². The van der Waals surface area contributed by atoms with E-state index in [1.54, 1.807) is 11.8 Å². The molecule has 6 heteroatoms. The van der Waals surface area contributed by atoms with E-state index in [1.165, 1.54) is 0 Å². The molecule has 3 N–H and O–H groups in total. The summed E-state index contributed by atoms with van der Waals surface area (Å²) in [5, 5.41) is 2.62. The van der Waals surface area contributed by atoms with Crippen molar-refractivity contribution in [2.75, 3.05) is 19.8 Å². The monoisotopic (exact) mass is 294 g/mol. The maximum absolute atomic E-state index is 11.4.